The standard InChI is InChI=1S/C53H68ClF3N5O8PS3/c1-5-69-71(64,70-6-2)37-39-23-27-60(28-24-39)29-25-44(38-72-46-10-8-7-9-11-46)58-49-21-20-47(34-50(49)73(65,66)53(55,56)57)74(67,68)59-51(63)41-14-18-45(19-15-41)62-32-30-61(31-33-62)36-42-35-52(3,4)26-22-48(42)40-12-16-43(54)17-13-40/h7-21,34,39,44,58H,5-6,22-33,35-38H2,1-4H3,(H,59,63)/t44-/m1/s1. The predicted octanol–water partition coefficient (Wildman–Crippen LogP) is 11.5. The minimum Gasteiger partial charge on any atom is -0.380 e. The molecule has 1 aliphatic carbocycles. The smallest absolute Gasteiger partial charge is 0.380 e. The van der Waals surface area contributed by atoms with Crippen LogP contribution in [0.15, 0.2) is 117 Å². The second kappa shape index (κ2) is 25.0. The summed E-state index contributed by atoms with van der Waals surface area (Å²) >= 11 is 7.63. The van der Waals surface area contributed by atoms with Crippen molar-refractivity contribution >= 4 is 73.7 Å². The number of carbonyl (C=O) groups excluding carboxylic acids is 1. The summed E-state index contributed by atoms with van der Waals surface area (Å²) in [5.41, 5.74) is -1.13. The molecule has 2 saturated heterocycles. The molecule has 74 heavy (non-hydrogen) atoms. The Hall–Kier alpha value is -3.91. The highest BCUT2D eigenvalue weighted by molar-refractivity contribution is 7.99. The lowest BCUT2D eigenvalue weighted by atomic mass is 9.73. The third-order valence-corrected chi connectivity index (χ3v) is 20.5. The molecule has 0 aromatic heterocycles. The van der Waals surface area contributed by atoms with E-state index in [4.69, 9.17) is 20.6 Å². The van der Waals surface area contributed by atoms with Crippen molar-refractivity contribution in [2.45, 2.75) is 92.5 Å². The first-order chi connectivity index (χ1) is 35.1. The third kappa shape index (κ3) is 15.4. The molecule has 1 atom stereocenters. The second-order valence-electron chi connectivity index (χ2n) is 19.9. The summed E-state index contributed by atoms with van der Waals surface area (Å²) in [5, 5.41) is 3.73. The van der Waals surface area contributed by atoms with E-state index in [1.165, 1.54) is 40.6 Å². The van der Waals surface area contributed by atoms with Crippen LogP contribution in [0.25, 0.3) is 5.57 Å². The summed E-state index contributed by atoms with van der Waals surface area (Å²) < 4.78 is 123. The summed E-state index contributed by atoms with van der Waals surface area (Å²) in [4.78, 5) is 19.1. The molecule has 2 aliphatic heterocycles. The number of amides is 1. The summed E-state index contributed by atoms with van der Waals surface area (Å²) in [6.07, 6.45) is 5.30. The average molecular weight is 1120 g/mol. The SMILES string of the molecule is CCOP(=O)(CC1CCN(CC[C@H](CSc2ccccc2)Nc2ccc(S(=O)(=O)NC(=O)c3ccc(N4CCN(CC5=C(c6ccc(Cl)cc6)CCC(C)(C)C5)CC4)cc3)cc2S(=O)(=O)C(F)(F)F)CC1)OCC. The Balaban J connectivity index is 1.01. The number of benzene rings is 4. The molecule has 0 saturated carbocycles. The van der Waals surface area contributed by atoms with Gasteiger partial charge in [-0.1, -0.05) is 61.4 Å². The third-order valence-electron chi connectivity index (χ3n) is 13.9. The Morgan fingerprint density at radius 2 is 1.51 bits per heavy atom. The fourth-order valence-corrected chi connectivity index (χ4v) is 15.1. The highest BCUT2D eigenvalue weighted by atomic mass is 35.5. The van der Waals surface area contributed by atoms with Gasteiger partial charge in [0.25, 0.3) is 25.8 Å². The number of piperidine rings is 1. The van der Waals surface area contributed by atoms with E-state index < -0.39 is 60.4 Å². The summed E-state index contributed by atoms with van der Waals surface area (Å²) in [6.45, 7) is 14.5. The number of rotatable bonds is 22. The molecule has 13 nitrogen and oxygen atoms in total. The lowest BCUT2D eigenvalue weighted by Gasteiger charge is -2.39. The monoisotopic (exact) mass is 1120 g/mol. The molecular weight excluding hydrogens is 1050 g/mol. The minimum atomic E-state index is -6.11. The molecule has 2 N–H and O–H groups in total. The molecule has 0 radical (unpaired) electrons. The van der Waals surface area contributed by atoms with Crippen LogP contribution >= 0.6 is 31.0 Å². The predicted molar refractivity (Wildman–Crippen MR) is 290 cm³/mol. The van der Waals surface area contributed by atoms with Gasteiger partial charge in [-0.15, -0.1) is 11.8 Å². The van der Waals surface area contributed by atoms with Gasteiger partial charge in [0.15, 0.2) is 0 Å². The molecule has 4 aromatic carbocycles. The zero-order valence-electron chi connectivity index (χ0n) is 42.4. The van der Waals surface area contributed by atoms with E-state index in [2.05, 4.69) is 46.0 Å². The molecule has 404 valence electrons. The highest BCUT2D eigenvalue weighted by Gasteiger charge is 2.48. The number of likely N-dealkylation sites (tertiary alicyclic amines) is 1. The zero-order chi connectivity index (χ0) is 53.3. The van der Waals surface area contributed by atoms with Crippen molar-refractivity contribution in [1.29, 1.82) is 0 Å². The maximum Gasteiger partial charge on any atom is 0.501 e. The Labute approximate surface area is 444 Å². The maximum atomic E-state index is 14.4. The molecule has 0 bridgehead atoms. The van der Waals surface area contributed by atoms with Crippen molar-refractivity contribution in [2.24, 2.45) is 11.3 Å². The maximum absolute atomic E-state index is 14.4. The van der Waals surface area contributed by atoms with Gasteiger partial charge >= 0.3 is 13.1 Å². The number of nitrogens with zero attached hydrogens (tertiary/aromatic N) is 3. The molecule has 2 heterocycles. The molecule has 1 amide bonds. The van der Waals surface area contributed by atoms with E-state index in [0.717, 1.165) is 87.5 Å². The molecular formula is C53H68ClF3N5O8PS3. The Morgan fingerprint density at radius 1 is 0.865 bits per heavy atom. The Morgan fingerprint density at radius 3 is 2.14 bits per heavy atom. The number of sulfone groups is 1. The number of sulfonamides is 1. The fourth-order valence-electron chi connectivity index (χ4n) is 9.91. The molecule has 21 heteroatoms. The molecule has 0 spiro atoms. The van der Waals surface area contributed by atoms with Crippen LogP contribution in [-0.4, -0.2) is 122 Å². The van der Waals surface area contributed by atoms with Gasteiger partial charge in [0.1, 0.15) is 4.90 Å². The van der Waals surface area contributed by atoms with Crippen molar-refractivity contribution < 1.29 is 48.4 Å². The van der Waals surface area contributed by atoms with Crippen molar-refractivity contribution in [2.75, 3.05) is 87.7 Å². The number of hydrogen-bond donors (Lipinski definition) is 2. The van der Waals surface area contributed by atoms with E-state index in [0.29, 0.717) is 49.1 Å². The molecule has 3 aliphatic rings. The van der Waals surface area contributed by atoms with Gasteiger partial charge in [0.05, 0.1) is 30.0 Å². The Kier molecular flexibility index (Phi) is 19.6. The van der Waals surface area contributed by atoms with E-state index >= 15 is 0 Å². The average Bonchev–Trinajstić information content (AvgIpc) is 3.35. The van der Waals surface area contributed by atoms with Gasteiger partial charge in [-0.3, -0.25) is 14.3 Å². The van der Waals surface area contributed by atoms with E-state index in [-0.39, 0.29) is 30.1 Å². The van der Waals surface area contributed by atoms with Crippen molar-refractivity contribution in [3.63, 3.8) is 0 Å². The van der Waals surface area contributed by atoms with Crippen molar-refractivity contribution in [3.05, 3.63) is 119 Å². The van der Waals surface area contributed by atoms with Gasteiger partial charge in [0, 0.05) is 72.2 Å². The molecule has 2 fully saturated rings. The van der Waals surface area contributed by atoms with Crippen LogP contribution in [0.4, 0.5) is 24.5 Å². The number of carbonyl (C=O) groups is 1. The second-order valence-corrected chi connectivity index (χ2v) is 27.2. The van der Waals surface area contributed by atoms with Crippen LogP contribution in [0.1, 0.15) is 82.1 Å². The number of anilines is 2. The number of nitrogens with one attached hydrogen (secondary N) is 2. The van der Waals surface area contributed by atoms with Gasteiger partial charge in [-0.25, -0.2) is 21.6 Å². The molecule has 4 aromatic rings. The number of thioether (sulfide) groups is 1. The summed E-state index contributed by atoms with van der Waals surface area (Å²) in [5.74, 6) is -0.597. The van der Waals surface area contributed by atoms with E-state index in [9.17, 15) is 39.4 Å². The largest absolute Gasteiger partial charge is 0.501 e. The normalized spacial score (nSPS) is 18.1. The zero-order valence-corrected chi connectivity index (χ0v) is 46.5. The van der Waals surface area contributed by atoms with Gasteiger partial charge < -0.3 is 24.2 Å². The number of halogens is 4. The minimum absolute atomic E-state index is 0.0158. The van der Waals surface area contributed by atoms with Gasteiger partial charge in [0.2, 0.25) is 0 Å². The number of alkyl halides is 3. The first kappa shape index (κ1) is 57.8. The van der Waals surface area contributed by atoms with Crippen LogP contribution in [0.5, 0.6) is 0 Å². The topological polar surface area (TPSA) is 155 Å². The highest BCUT2D eigenvalue weighted by Crippen LogP contribution is 2.51. The van der Waals surface area contributed by atoms with E-state index in [1.807, 2.05) is 47.2 Å². The number of piperazine rings is 1. The van der Waals surface area contributed by atoms with Crippen LogP contribution in [0.3, 0.4) is 0 Å². The Bertz CT molecular complexity index is 2840. The molecule has 0 unspecified atom stereocenters. The van der Waals surface area contributed by atoms with Gasteiger partial charge in [-0.05, 0) is 155 Å². The first-order valence-corrected chi connectivity index (χ1v) is 31.2. The fraction of sp³-hybridized carbons (Fsp3) is 0.491. The van der Waals surface area contributed by atoms with Gasteiger partial charge in [-0.2, -0.15) is 13.2 Å². The van der Waals surface area contributed by atoms with Crippen molar-refractivity contribution in [1.82, 2.24) is 14.5 Å². The van der Waals surface area contributed by atoms with Crippen LogP contribution in [0.2, 0.25) is 5.02 Å². The van der Waals surface area contributed by atoms with Crippen LogP contribution < -0.4 is 14.9 Å². The number of allylic oxidation sites excluding steroid dienone is 1. The molecule has 7 rings (SSSR count). The first-order valence-electron chi connectivity index (χ1n) is 25.2. The van der Waals surface area contributed by atoms with E-state index in [1.54, 1.807) is 26.0 Å². The summed E-state index contributed by atoms with van der Waals surface area (Å²) in [6, 6.07) is 25.6. The number of hydrogen-bond acceptors (Lipinski definition) is 13. The summed E-state index contributed by atoms with van der Waals surface area (Å²) in [7, 11) is -14.2. The van der Waals surface area contributed by atoms with Crippen LogP contribution in [0, 0.1) is 11.3 Å². The van der Waals surface area contributed by atoms with Crippen molar-refractivity contribution in [3.8, 4) is 0 Å². The quantitative estimate of drug-likeness (QED) is 0.0567. The lowest BCUT2D eigenvalue weighted by molar-refractivity contribution is -0.0436. The van der Waals surface area contributed by atoms with Crippen LogP contribution in [-0.2, 0) is 33.5 Å². The lowest BCUT2D eigenvalue weighted by Crippen LogP contribution is -2.47.